The molecule has 0 spiro atoms. The van der Waals surface area contributed by atoms with Gasteiger partial charge in [-0.3, -0.25) is 0 Å². The van der Waals surface area contributed by atoms with Crippen LogP contribution in [0.3, 0.4) is 0 Å². The molecule has 0 radical (unpaired) electrons. The summed E-state index contributed by atoms with van der Waals surface area (Å²) in [7, 11) is 3.23. The van der Waals surface area contributed by atoms with E-state index in [1.165, 1.54) is 0 Å². The average Bonchev–Trinajstić information content (AvgIpc) is 2.45. The second-order valence-corrected chi connectivity index (χ2v) is 4.69. The Balaban J connectivity index is 2.49. The Bertz CT molecular complexity index is 619. The van der Waals surface area contributed by atoms with Gasteiger partial charge in [0.1, 0.15) is 17.4 Å². The molecular formula is C15H14ClF2NO. The molecule has 20 heavy (non-hydrogen) atoms. The minimum Gasteiger partial charge on any atom is -0.497 e. The van der Waals surface area contributed by atoms with Crippen LogP contribution in [-0.2, 0) is 0 Å². The van der Waals surface area contributed by atoms with Gasteiger partial charge in [0.25, 0.3) is 0 Å². The fourth-order valence-electron chi connectivity index (χ4n) is 2.08. The Morgan fingerprint density at radius 2 is 1.90 bits per heavy atom. The van der Waals surface area contributed by atoms with Crippen LogP contribution in [0.4, 0.5) is 8.78 Å². The topological polar surface area (TPSA) is 21.3 Å². The molecule has 0 aromatic heterocycles. The minimum atomic E-state index is -0.647. The third-order valence-corrected chi connectivity index (χ3v) is 3.36. The molecule has 5 heteroatoms. The minimum absolute atomic E-state index is 0.197. The van der Waals surface area contributed by atoms with Crippen molar-refractivity contribution in [2.45, 2.75) is 6.04 Å². The molecule has 0 amide bonds. The Morgan fingerprint density at radius 3 is 2.55 bits per heavy atom. The summed E-state index contributed by atoms with van der Waals surface area (Å²) in [6.07, 6.45) is 0. The molecule has 0 fully saturated rings. The summed E-state index contributed by atoms with van der Waals surface area (Å²) in [4.78, 5) is 0. The first-order chi connectivity index (χ1) is 9.56. The number of halogens is 3. The van der Waals surface area contributed by atoms with Crippen molar-refractivity contribution in [1.82, 2.24) is 5.32 Å². The molecule has 1 N–H and O–H groups in total. The van der Waals surface area contributed by atoms with Gasteiger partial charge in [-0.1, -0.05) is 23.7 Å². The van der Waals surface area contributed by atoms with Crippen LogP contribution in [0.1, 0.15) is 17.2 Å². The van der Waals surface area contributed by atoms with Gasteiger partial charge in [0, 0.05) is 5.56 Å². The van der Waals surface area contributed by atoms with Crippen molar-refractivity contribution in [1.29, 1.82) is 0 Å². The van der Waals surface area contributed by atoms with Gasteiger partial charge < -0.3 is 10.1 Å². The van der Waals surface area contributed by atoms with Crippen LogP contribution in [-0.4, -0.2) is 14.2 Å². The molecule has 0 aliphatic heterocycles. The van der Waals surface area contributed by atoms with Crippen molar-refractivity contribution in [2.24, 2.45) is 0 Å². The lowest BCUT2D eigenvalue weighted by Gasteiger charge is -2.19. The summed E-state index contributed by atoms with van der Waals surface area (Å²) >= 11 is 5.57. The van der Waals surface area contributed by atoms with Gasteiger partial charge in [0.05, 0.1) is 18.2 Å². The predicted molar refractivity (Wildman–Crippen MR) is 75.3 cm³/mol. The van der Waals surface area contributed by atoms with Crippen LogP contribution >= 0.6 is 11.6 Å². The van der Waals surface area contributed by atoms with E-state index in [-0.39, 0.29) is 10.6 Å². The van der Waals surface area contributed by atoms with Crippen LogP contribution in [0.2, 0.25) is 5.02 Å². The Morgan fingerprint density at radius 1 is 1.15 bits per heavy atom. The molecule has 2 aromatic carbocycles. The molecule has 106 valence electrons. The first kappa shape index (κ1) is 14.8. The third-order valence-electron chi connectivity index (χ3n) is 3.07. The third kappa shape index (κ3) is 2.92. The average molecular weight is 298 g/mol. The van der Waals surface area contributed by atoms with E-state index in [2.05, 4.69) is 5.32 Å². The fourth-order valence-corrected chi connectivity index (χ4v) is 2.23. The van der Waals surface area contributed by atoms with E-state index < -0.39 is 17.7 Å². The van der Waals surface area contributed by atoms with Crippen molar-refractivity contribution in [3.05, 3.63) is 64.2 Å². The first-order valence-corrected chi connectivity index (χ1v) is 6.40. The second-order valence-electron chi connectivity index (χ2n) is 4.29. The predicted octanol–water partition coefficient (Wildman–Crippen LogP) is 3.94. The van der Waals surface area contributed by atoms with Crippen LogP contribution in [0.25, 0.3) is 0 Å². The quantitative estimate of drug-likeness (QED) is 0.863. The molecule has 2 nitrogen and oxygen atoms in total. The van der Waals surface area contributed by atoms with Crippen molar-refractivity contribution < 1.29 is 13.5 Å². The Labute approximate surface area is 121 Å². The lowest BCUT2D eigenvalue weighted by molar-refractivity contribution is 0.413. The highest BCUT2D eigenvalue weighted by molar-refractivity contribution is 6.30. The van der Waals surface area contributed by atoms with Crippen LogP contribution in [0, 0.1) is 11.6 Å². The molecule has 1 atom stereocenters. The second kappa shape index (κ2) is 6.20. The van der Waals surface area contributed by atoms with E-state index in [0.29, 0.717) is 5.75 Å². The lowest BCUT2D eigenvalue weighted by Crippen LogP contribution is -2.19. The molecule has 0 saturated heterocycles. The maximum absolute atomic E-state index is 14.0. The molecule has 2 rings (SSSR count). The lowest BCUT2D eigenvalue weighted by atomic mass is 9.98. The van der Waals surface area contributed by atoms with Crippen molar-refractivity contribution in [3.63, 3.8) is 0 Å². The van der Waals surface area contributed by atoms with E-state index >= 15 is 0 Å². The molecule has 0 aliphatic carbocycles. The molecule has 1 unspecified atom stereocenters. The van der Waals surface area contributed by atoms with Gasteiger partial charge in [0.2, 0.25) is 0 Å². The fraction of sp³-hybridized carbons (Fsp3) is 0.200. The normalized spacial score (nSPS) is 12.2. The van der Waals surface area contributed by atoms with Crippen molar-refractivity contribution >= 4 is 11.6 Å². The van der Waals surface area contributed by atoms with Crippen LogP contribution < -0.4 is 10.1 Å². The summed E-state index contributed by atoms with van der Waals surface area (Å²) in [6, 6.07) is 8.77. The van der Waals surface area contributed by atoms with Gasteiger partial charge >= 0.3 is 0 Å². The highest BCUT2D eigenvalue weighted by Gasteiger charge is 2.19. The van der Waals surface area contributed by atoms with Gasteiger partial charge in [-0.2, -0.15) is 0 Å². The summed E-state index contributed by atoms with van der Waals surface area (Å²) in [5.74, 6) is -0.553. The maximum atomic E-state index is 14.0. The van der Waals surface area contributed by atoms with Gasteiger partial charge in [-0.15, -0.1) is 0 Å². The van der Waals surface area contributed by atoms with E-state index in [1.54, 1.807) is 32.4 Å². The monoisotopic (exact) mass is 297 g/mol. The Kier molecular flexibility index (Phi) is 4.57. The highest BCUT2D eigenvalue weighted by Crippen LogP contribution is 2.29. The summed E-state index contributed by atoms with van der Waals surface area (Å²) < 4.78 is 32.7. The number of rotatable bonds is 4. The number of hydrogen-bond donors (Lipinski definition) is 1. The van der Waals surface area contributed by atoms with Crippen LogP contribution in [0.5, 0.6) is 5.75 Å². The smallest absolute Gasteiger partial charge is 0.142 e. The standard InChI is InChI=1S/C15H14ClF2NO/c1-19-15(9-4-3-5-10(6-9)20-2)11-7-14(18)12(16)8-13(11)17/h3-8,15,19H,1-2H3. The van der Waals surface area contributed by atoms with E-state index in [1.807, 2.05) is 6.07 Å². The number of ether oxygens (including phenoxy) is 1. The molecule has 0 bridgehead atoms. The maximum Gasteiger partial charge on any atom is 0.142 e. The number of benzene rings is 2. The van der Waals surface area contributed by atoms with Crippen LogP contribution in [0.15, 0.2) is 36.4 Å². The summed E-state index contributed by atoms with van der Waals surface area (Å²) in [5.41, 5.74) is 0.968. The van der Waals surface area contributed by atoms with E-state index in [9.17, 15) is 8.78 Å². The van der Waals surface area contributed by atoms with E-state index in [4.69, 9.17) is 16.3 Å². The number of methoxy groups -OCH3 is 1. The molecule has 0 heterocycles. The largest absolute Gasteiger partial charge is 0.497 e. The van der Waals surface area contributed by atoms with Gasteiger partial charge in [-0.05, 0) is 36.9 Å². The zero-order valence-corrected chi connectivity index (χ0v) is 11.8. The zero-order chi connectivity index (χ0) is 14.7. The van der Waals surface area contributed by atoms with Crippen molar-refractivity contribution in [2.75, 3.05) is 14.2 Å². The molecular weight excluding hydrogens is 284 g/mol. The Hall–Kier alpha value is -1.65. The first-order valence-electron chi connectivity index (χ1n) is 6.02. The number of nitrogens with one attached hydrogen (secondary N) is 1. The zero-order valence-electron chi connectivity index (χ0n) is 11.1. The molecule has 0 saturated carbocycles. The summed E-state index contributed by atoms with van der Waals surface area (Å²) in [5, 5.41) is 2.74. The van der Waals surface area contributed by atoms with Gasteiger partial charge in [0.15, 0.2) is 0 Å². The highest BCUT2D eigenvalue weighted by atomic mass is 35.5. The summed E-state index contributed by atoms with van der Waals surface area (Å²) in [6.45, 7) is 0. The molecule has 0 aliphatic rings. The van der Waals surface area contributed by atoms with Crippen molar-refractivity contribution in [3.8, 4) is 5.75 Å². The van der Waals surface area contributed by atoms with Gasteiger partial charge in [-0.25, -0.2) is 8.78 Å². The van der Waals surface area contributed by atoms with E-state index in [0.717, 1.165) is 17.7 Å². The molecule has 2 aromatic rings. The number of hydrogen-bond acceptors (Lipinski definition) is 2. The SMILES string of the molecule is CNC(c1cccc(OC)c1)c1cc(F)c(Cl)cc1F.